The number of rotatable bonds is 5. The maximum atomic E-state index is 4.40. The van der Waals surface area contributed by atoms with Crippen LogP contribution < -0.4 is 10.6 Å². The Bertz CT molecular complexity index is 343. The minimum Gasteiger partial charge on any atom is -0.365 e. The van der Waals surface area contributed by atoms with Gasteiger partial charge in [0.25, 0.3) is 0 Å². The van der Waals surface area contributed by atoms with Crippen molar-refractivity contribution in [2.75, 3.05) is 37.8 Å². The van der Waals surface area contributed by atoms with E-state index in [1.807, 2.05) is 20.2 Å². The lowest BCUT2D eigenvalue weighted by molar-refractivity contribution is 0.425. The molecule has 1 aromatic rings. The molecule has 0 atom stereocenters. The van der Waals surface area contributed by atoms with Crippen LogP contribution in [0.2, 0.25) is 0 Å². The van der Waals surface area contributed by atoms with Crippen molar-refractivity contribution in [3.05, 3.63) is 12.3 Å². The molecule has 0 aliphatic rings. The lowest BCUT2D eigenvalue weighted by atomic mass is 10.1. The molecule has 2 N–H and O–H groups in total. The highest BCUT2D eigenvalue weighted by molar-refractivity contribution is 5.41. The van der Waals surface area contributed by atoms with Gasteiger partial charge in [0, 0.05) is 24.8 Å². The molecule has 96 valence electrons. The first-order chi connectivity index (χ1) is 7.87. The summed E-state index contributed by atoms with van der Waals surface area (Å²) in [6, 6.07) is 1.88. The van der Waals surface area contributed by atoms with E-state index in [1.165, 1.54) is 0 Å². The highest BCUT2D eigenvalue weighted by atomic mass is 15.2. The molecule has 0 saturated carbocycles. The van der Waals surface area contributed by atoms with Crippen LogP contribution in [0.15, 0.2) is 12.3 Å². The average molecular weight is 237 g/mol. The van der Waals surface area contributed by atoms with Crippen LogP contribution in [0.25, 0.3) is 0 Å². The third-order valence-corrected chi connectivity index (χ3v) is 2.00. The van der Waals surface area contributed by atoms with E-state index in [4.69, 9.17) is 0 Å². The third-order valence-electron chi connectivity index (χ3n) is 2.00. The van der Waals surface area contributed by atoms with Crippen LogP contribution in [0.4, 0.5) is 11.8 Å². The normalized spacial score (nSPS) is 11.6. The van der Waals surface area contributed by atoms with Gasteiger partial charge in [-0.2, -0.15) is 4.98 Å². The molecule has 0 amide bonds. The van der Waals surface area contributed by atoms with Crippen molar-refractivity contribution in [3.63, 3.8) is 0 Å². The van der Waals surface area contributed by atoms with Crippen molar-refractivity contribution in [2.45, 2.75) is 26.3 Å². The third kappa shape index (κ3) is 6.06. The second-order valence-corrected chi connectivity index (χ2v) is 5.37. The first-order valence-electron chi connectivity index (χ1n) is 5.87. The Balaban J connectivity index is 2.54. The van der Waals surface area contributed by atoms with Crippen LogP contribution in [0.3, 0.4) is 0 Å². The molecule has 5 heteroatoms. The second kappa shape index (κ2) is 5.82. The fraction of sp³-hybridized carbons (Fsp3) is 0.667. The summed E-state index contributed by atoms with van der Waals surface area (Å²) in [5.41, 5.74) is 0.00919. The van der Waals surface area contributed by atoms with Gasteiger partial charge in [0.05, 0.1) is 0 Å². The number of likely N-dealkylation sites (N-methyl/N-ethyl adjacent to an activating group) is 1. The van der Waals surface area contributed by atoms with Crippen molar-refractivity contribution in [3.8, 4) is 0 Å². The topological polar surface area (TPSA) is 53.1 Å². The highest BCUT2D eigenvalue weighted by Crippen LogP contribution is 2.12. The molecule has 5 nitrogen and oxygen atoms in total. The van der Waals surface area contributed by atoms with Crippen LogP contribution >= 0.6 is 0 Å². The van der Waals surface area contributed by atoms with E-state index in [0.29, 0.717) is 5.95 Å². The van der Waals surface area contributed by atoms with Gasteiger partial charge < -0.3 is 15.5 Å². The first-order valence-corrected chi connectivity index (χ1v) is 5.87. The minimum absolute atomic E-state index is 0.00919. The molecule has 0 aliphatic heterocycles. The Kier molecular flexibility index (Phi) is 4.69. The summed E-state index contributed by atoms with van der Waals surface area (Å²) in [5.74, 6) is 1.51. The fourth-order valence-corrected chi connectivity index (χ4v) is 1.29. The van der Waals surface area contributed by atoms with Crippen molar-refractivity contribution in [1.29, 1.82) is 0 Å². The molecule has 1 aromatic heterocycles. The van der Waals surface area contributed by atoms with Gasteiger partial charge in [-0.25, -0.2) is 4.98 Å². The molecule has 17 heavy (non-hydrogen) atoms. The van der Waals surface area contributed by atoms with Crippen molar-refractivity contribution < 1.29 is 0 Å². The Hall–Kier alpha value is -1.36. The summed E-state index contributed by atoms with van der Waals surface area (Å²) < 4.78 is 0. The number of anilines is 2. The quantitative estimate of drug-likeness (QED) is 0.815. The predicted molar refractivity (Wildman–Crippen MR) is 72.5 cm³/mol. The van der Waals surface area contributed by atoms with E-state index in [9.17, 15) is 0 Å². The fourth-order valence-electron chi connectivity index (χ4n) is 1.29. The maximum Gasteiger partial charge on any atom is 0.224 e. The molecule has 1 rings (SSSR count). The Labute approximate surface area is 104 Å². The Morgan fingerprint density at radius 3 is 2.59 bits per heavy atom. The highest BCUT2D eigenvalue weighted by Gasteiger charge is 2.10. The summed E-state index contributed by atoms with van der Waals surface area (Å²) >= 11 is 0. The number of aromatic nitrogens is 2. The molecule has 0 saturated heterocycles. The lowest BCUT2D eigenvalue weighted by Crippen LogP contribution is -2.27. The van der Waals surface area contributed by atoms with Crippen LogP contribution in [0.5, 0.6) is 0 Å². The van der Waals surface area contributed by atoms with E-state index in [-0.39, 0.29) is 5.54 Å². The molecule has 0 fully saturated rings. The zero-order valence-corrected chi connectivity index (χ0v) is 11.4. The van der Waals surface area contributed by atoms with E-state index < -0.39 is 0 Å². The van der Waals surface area contributed by atoms with Gasteiger partial charge in [-0.3, -0.25) is 0 Å². The lowest BCUT2D eigenvalue weighted by Gasteiger charge is -2.21. The summed E-state index contributed by atoms with van der Waals surface area (Å²) in [5, 5.41) is 6.52. The predicted octanol–water partition coefficient (Wildman–Crippen LogP) is 1.66. The van der Waals surface area contributed by atoms with E-state index in [2.05, 4.69) is 46.3 Å². The summed E-state index contributed by atoms with van der Waals surface area (Å²) in [4.78, 5) is 10.7. The molecule has 1 heterocycles. The summed E-state index contributed by atoms with van der Waals surface area (Å²) in [6.45, 7) is 8.11. The zero-order chi connectivity index (χ0) is 12.9. The van der Waals surface area contributed by atoms with Gasteiger partial charge in [-0.15, -0.1) is 0 Å². The van der Waals surface area contributed by atoms with Gasteiger partial charge in [0.2, 0.25) is 5.95 Å². The summed E-state index contributed by atoms with van der Waals surface area (Å²) in [7, 11) is 4.08. The maximum absolute atomic E-state index is 4.40. The van der Waals surface area contributed by atoms with Crippen LogP contribution in [0, 0.1) is 0 Å². The first kappa shape index (κ1) is 13.7. The van der Waals surface area contributed by atoms with E-state index in [0.717, 1.165) is 18.9 Å². The molecule has 0 spiro atoms. The molecule has 0 aromatic carbocycles. The number of hydrogen-bond acceptors (Lipinski definition) is 5. The molecule has 0 unspecified atom stereocenters. The molecule has 0 bridgehead atoms. The Morgan fingerprint density at radius 1 is 1.29 bits per heavy atom. The van der Waals surface area contributed by atoms with Crippen molar-refractivity contribution >= 4 is 11.8 Å². The van der Waals surface area contributed by atoms with Crippen molar-refractivity contribution in [2.24, 2.45) is 0 Å². The minimum atomic E-state index is 0.00919. The van der Waals surface area contributed by atoms with Gasteiger partial charge >= 0.3 is 0 Å². The second-order valence-electron chi connectivity index (χ2n) is 5.37. The number of nitrogens with one attached hydrogen (secondary N) is 2. The molecule has 0 aliphatic carbocycles. The standard InChI is InChI=1S/C12H23N5/c1-12(2,3)16-10-6-7-13-11(15-10)14-8-9-17(4)5/h6-7H,8-9H2,1-5H3,(H2,13,14,15,16). The SMILES string of the molecule is CN(C)CCNc1nccc(NC(C)(C)C)n1. The molecule has 0 radical (unpaired) electrons. The van der Waals surface area contributed by atoms with Crippen LogP contribution in [0.1, 0.15) is 20.8 Å². The van der Waals surface area contributed by atoms with Crippen LogP contribution in [-0.4, -0.2) is 47.6 Å². The van der Waals surface area contributed by atoms with Crippen LogP contribution in [-0.2, 0) is 0 Å². The number of hydrogen-bond donors (Lipinski definition) is 2. The van der Waals surface area contributed by atoms with Gasteiger partial charge in [-0.05, 0) is 40.9 Å². The molecular weight excluding hydrogens is 214 g/mol. The Morgan fingerprint density at radius 2 is 2.00 bits per heavy atom. The van der Waals surface area contributed by atoms with E-state index in [1.54, 1.807) is 6.20 Å². The smallest absolute Gasteiger partial charge is 0.224 e. The largest absolute Gasteiger partial charge is 0.365 e. The zero-order valence-electron chi connectivity index (χ0n) is 11.4. The number of nitrogens with zero attached hydrogens (tertiary/aromatic N) is 3. The van der Waals surface area contributed by atoms with E-state index >= 15 is 0 Å². The molecular formula is C12H23N5. The van der Waals surface area contributed by atoms with Gasteiger partial charge in [0.1, 0.15) is 5.82 Å². The average Bonchev–Trinajstić information content (AvgIpc) is 2.14. The summed E-state index contributed by atoms with van der Waals surface area (Å²) in [6.07, 6.45) is 1.76. The monoisotopic (exact) mass is 237 g/mol. The van der Waals surface area contributed by atoms with Gasteiger partial charge in [-0.1, -0.05) is 0 Å². The van der Waals surface area contributed by atoms with Crippen molar-refractivity contribution in [1.82, 2.24) is 14.9 Å². The van der Waals surface area contributed by atoms with Gasteiger partial charge in [0.15, 0.2) is 0 Å².